The fourth-order valence-electron chi connectivity index (χ4n) is 2.38. The Morgan fingerprint density at radius 1 is 1.27 bits per heavy atom. The lowest BCUT2D eigenvalue weighted by molar-refractivity contribution is -0.129. The molecule has 0 saturated heterocycles. The maximum Gasteiger partial charge on any atom is 0.363 e. The summed E-state index contributed by atoms with van der Waals surface area (Å²) in [7, 11) is 1.55. The molecular formula is C20H16BrNO4. The lowest BCUT2D eigenvalue weighted by Crippen LogP contribution is -2.05. The van der Waals surface area contributed by atoms with Crippen LogP contribution in [0.25, 0.3) is 6.08 Å². The van der Waals surface area contributed by atoms with Gasteiger partial charge in [-0.25, -0.2) is 9.79 Å². The van der Waals surface area contributed by atoms with Gasteiger partial charge in [0.25, 0.3) is 0 Å². The second-order valence-corrected chi connectivity index (χ2v) is 6.19. The van der Waals surface area contributed by atoms with Crippen LogP contribution in [0.1, 0.15) is 11.1 Å². The van der Waals surface area contributed by atoms with E-state index in [0.717, 1.165) is 11.1 Å². The third-order valence-electron chi connectivity index (χ3n) is 3.54. The number of carbonyl (C=O) groups is 1. The molecule has 0 atom stereocenters. The van der Waals surface area contributed by atoms with Crippen molar-refractivity contribution in [2.24, 2.45) is 4.99 Å². The fraction of sp³-hybridized carbons (Fsp3) is 0.100. The third-order valence-corrected chi connectivity index (χ3v) is 4.13. The Hall–Kier alpha value is -2.86. The van der Waals surface area contributed by atoms with E-state index in [2.05, 4.69) is 27.5 Å². The molecule has 2 aromatic rings. The maximum atomic E-state index is 12.1. The van der Waals surface area contributed by atoms with Crippen LogP contribution in [0.2, 0.25) is 0 Å². The normalized spacial score (nSPS) is 14.8. The topological polar surface area (TPSA) is 57.1 Å². The maximum absolute atomic E-state index is 12.1. The number of benzene rings is 2. The van der Waals surface area contributed by atoms with Crippen LogP contribution in [-0.4, -0.2) is 25.6 Å². The first kappa shape index (κ1) is 17.9. The summed E-state index contributed by atoms with van der Waals surface area (Å²) >= 11 is 3.46. The van der Waals surface area contributed by atoms with E-state index in [1.165, 1.54) is 0 Å². The summed E-state index contributed by atoms with van der Waals surface area (Å²) in [6.07, 6.45) is 3.29. The Bertz CT molecular complexity index is 904. The summed E-state index contributed by atoms with van der Waals surface area (Å²) in [5.41, 5.74) is 1.69. The molecule has 0 bridgehead atoms. The van der Waals surface area contributed by atoms with E-state index in [-0.39, 0.29) is 5.70 Å². The lowest BCUT2D eigenvalue weighted by Gasteiger charge is -2.12. The molecule has 0 unspecified atom stereocenters. The van der Waals surface area contributed by atoms with E-state index in [9.17, 15) is 4.79 Å². The van der Waals surface area contributed by atoms with Gasteiger partial charge in [-0.2, -0.15) is 0 Å². The smallest absolute Gasteiger partial charge is 0.363 e. The molecule has 132 valence electrons. The van der Waals surface area contributed by atoms with Crippen LogP contribution in [0.5, 0.6) is 11.5 Å². The lowest BCUT2D eigenvalue weighted by atomic mass is 10.1. The molecule has 5 nitrogen and oxygen atoms in total. The summed E-state index contributed by atoms with van der Waals surface area (Å²) in [5.74, 6) is 0.897. The molecule has 0 N–H and O–H groups in total. The van der Waals surface area contributed by atoms with Gasteiger partial charge < -0.3 is 14.2 Å². The molecule has 6 heteroatoms. The quantitative estimate of drug-likeness (QED) is 0.400. The predicted octanol–water partition coefficient (Wildman–Crippen LogP) is 4.37. The second-order valence-electron chi connectivity index (χ2n) is 5.34. The first-order chi connectivity index (χ1) is 12.6. The minimum absolute atomic E-state index is 0.220. The number of aliphatic imine (C=N–C) groups is 1. The zero-order valence-corrected chi connectivity index (χ0v) is 15.7. The van der Waals surface area contributed by atoms with Gasteiger partial charge >= 0.3 is 5.97 Å². The number of nitrogens with zero attached hydrogens (tertiary/aromatic N) is 1. The molecule has 26 heavy (non-hydrogen) atoms. The van der Waals surface area contributed by atoms with Gasteiger partial charge in [-0.05, 0) is 51.8 Å². The molecule has 0 saturated carbocycles. The number of ether oxygens (including phenoxy) is 3. The Balaban J connectivity index is 1.94. The number of hydrogen-bond donors (Lipinski definition) is 0. The number of halogens is 1. The average Bonchev–Trinajstić information content (AvgIpc) is 3.02. The summed E-state index contributed by atoms with van der Waals surface area (Å²) in [6, 6.07) is 12.9. The third kappa shape index (κ3) is 3.86. The Labute approximate surface area is 159 Å². The van der Waals surface area contributed by atoms with E-state index in [1.54, 1.807) is 25.3 Å². The van der Waals surface area contributed by atoms with Gasteiger partial charge in [-0.3, -0.25) is 0 Å². The van der Waals surface area contributed by atoms with Crippen LogP contribution in [-0.2, 0) is 9.53 Å². The fourth-order valence-corrected chi connectivity index (χ4v) is 2.95. The van der Waals surface area contributed by atoms with Gasteiger partial charge in [0.05, 0.1) is 11.6 Å². The molecule has 1 aliphatic rings. The monoisotopic (exact) mass is 413 g/mol. The summed E-state index contributed by atoms with van der Waals surface area (Å²) < 4.78 is 16.9. The van der Waals surface area contributed by atoms with Crippen LogP contribution in [0.3, 0.4) is 0 Å². The number of esters is 1. The molecule has 1 aliphatic heterocycles. The standard InChI is InChI=1S/C20H16BrNO4/c1-3-9-25-18-15(21)10-13(12-17(18)24-2)11-16-20(23)26-19(22-16)14-7-5-4-6-8-14/h3-8,10-12H,1,9H2,2H3/b16-11+. The van der Waals surface area contributed by atoms with Crippen molar-refractivity contribution in [3.63, 3.8) is 0 Å². The van der Waals surface area contributed by atoms with Crippen molar-refractivity contribution < 1.29 is 19.0 Å². The van der Waals surface area contributed by atoms with Crippen LogP contribution < -0.4 is 9.47 Å². The van der Waals surface area contributed by atoms with Gasteiger partial charge in [0, 0.05) is 5.56 Å². The van der Waals surface area contributed by atoms with E-state index in [4.69, 9.17) is 14.2 Å². The van der Waals surface area contributed by atoms with Crippen molar-refractivity contribution in [2.75, 3.05) is 13.7 Å². The molecule has 0 spiro atoms. The van der Waals surface area contributed by atoms with Crippen molar-refractivity contribution >= 4 is 33.9 Å². The minimum Gasteiger partial charge on any atom is -0.493 e. The first-order valence-corrected chi connectivity index (χ1v) is 8.61. The molecule has 1 heterocycles. The zero-order valence-electron chi connectivity index (χ0n) is 14.1. The van der Waals surface area contributed by atoms with Crippen molar-refractivity contribution in [3.8, 4) is 11.5 Å². The van der Waals surface area contributed by atoms with Gasteiger partial charge in [-0.15, -0.1) is 0 Å². The molecular weight excluding hydrogens is 398 g/mol. The first-order valence-electron chi connectivity index (χ1n) is 7.81. The molecule has 0 aliphatic carbocycles. The highest BCUT2D eigenvalue weighted by Crippen LogP contribution is 2.37. The van der Waals surface area contributed by atoms with Crippen molar-refractivity contribution in [1.29, 1.82) is 0 Å². The van der Waals surface area contributed by atoms with Crippen LogP contribution in [0.4, 0.5) is 0 Å². The van der Waals surface area contributed by atoms with Gasteiger partial charge in [0.15, 0.2) is 17.2 Å². The van der Waals surface area contributed by atoms with Crippen LogP contribution in [0.15, 0.2) is 70.3 Å². The van der Waals surface area contributed by atoms with E-state index >= 15 is 0 Å². The van der Waals surface area contributed by atoms with Crippen LogP contribution in [0, 0.1) is 0 Å². The summed E-state index contributed by atoms with van der Waals surface area (Å²) in [6.45, 7) is 3.98. The Kier molecular flexibility index (Phi) is 5.53. The summed E-state index contributed by atoms with van der Waals surface area (Å²) in [5, 5.41) is 0. The van der Waals surface area contributed by atoms with Gasteiger partial charge in [-0.1, -0.05) is 30.9 Å². The Morgan fingerprint density at radius 2 is 2.04 bits per heavy atom. The Morgan fingerprint density at radius 3 is 2.73 bits per heavy atom. The molecule has 0 fully saturated rings. The number of hydrogen-bond acceptors (Lipinski definition) is 5. The number of methoxy groups -OCH3 is 1. The predicted molar refractivity (Wildman–Crippen MR) is 103 cm³/mol. The second kappa shape index (κ2) is 8.01. The van der Waals surface area contributed by atoms with E-state index in [0.29, 0.717) is 28.5 Å². The highest BCUT2D eigenvalue weighted by atomic mass is 79.9. The van der Waals surface area contributed by atoms with E-state index < -0.39 is 5.97 Å². The van der Waals surface area contributed by atoms with E-state index in [1.807, 2.05) is 36.4 Å². The zero-order chi connectivity index (χ0) is 18.5. The largest absolute Gasteiger partial charge is 0.493 e. The molecule has 3 rings (SSSR count). The SMILES string of the molecule is C=CCOc1c(Br)cc(/C=C2/N=C(c3ccccc3)OC2=O)cc1OC. The average molecular weight is 414 g/mol. The highest BCUT2D eigenvalue weighted by molar-refractivity contribution is 9.10. The summed E-state index contributed by atoms with van der Waals surface area (Å²) in [4.78, 5) is 16.4. The van der Waals surface area contributed by atoms with Crippen molar-refractivity contribution in [3.05, 3.63) is 76.4 Å². The molecule has 0 amide bonds. The van der Waals surface area contributed by atoms with Gasteiger partial charge in [0.2, 0.25) is 5.90 Å². The number of cyclic esters (lactones) is 1. The van der Waals surface area contributed by atoms with Crippen molar-refractivity contribution in [1.82, 2.24) is 0 Å². The molecule has 0 aromatic heterocycles. The minimum atomic E-state index is -0.495. The number of rotatable bonds is 6. The van der Waals surface area contributed by atoms with Crippen molar-refractivity contribution in [2.45, 2.75) is 0 Å². The van der Waals surface area contributed by atoms with Gasteiger partial charge in [0.1, 0.15) is 6.61 Å². The molecule has 2 aromatic carbocycles. The highest BCUT2D eigenvalue weighted by Gasteiger charge is 2.24. The van der Waals surface area contributed by atoms with Crippen LogP contribution >= 0.6 is 15.9 Å². The number of carbonyl (C=O) groups excluding carboxylic acids is 1. The molecule has 0 radical (unpaired) electrons.